The van der Waals surface area contributed by atoms with Gasteiger partial charge in [-0.05, 0) is 42.3 Å². The summed E-state index contributed by atoms with van der Waals surface area (Å²) in [6.45, 7) is 4.43. The zero-order valence-corrected chi connectivity index (χ0v) is 18.3. The van der Waals surface area contributed by atoms with E-state index in [-0.39, 0.29) is 6.03 Å². The van der Waals surface area contributed by atoms with Crippen LogP contribution < -0.4 is 10.1 Å². The third-order valence-corrected chi connectivity index (χ3v) is 5.33. The number of imidazole rings is 1. The lowest BCUT2D eigenvalue weighted by Gasteiger charge is -2.24. The number of hydrogen-bond acceptors (Lipinski definition) is 3. The molecule has 0 saturated heterocycles. The van der Waals surface area contributed by atoms with E-state index in [0.717, 1.165) is 40.7 Å². The van der Waals surface area contributed by atoms with Crippen molar-refractivity contribution in [2.24, 2.45) is 0 Å². The van der Waals surface area contributed by atoms with Gasteiger partial charge < -0.3 is 19.5 Å². The molecule has 1 heterocycles. The van der Waals surface area contributed by atoms with Gasteiger partial charge in [0.15, 0.2) is 0 Å². The molecule has 0 aliphatic heterocycles. The van der Waals surface area contributed by atoms with Crippen molar-refractivity contribution in [1.29, 1.82) is 0 Å². The van der Waals surface area contributed by atoms with Gasteiger partial charge in [0.2, 0.25) is 0 Å². The molecular formula is C26H28N4O2. The van der Waals surface area contributed by atoms with Crippen LogP contribution in [-0.4, -0.2) is 33.6 Å². The topological polar surface area (TPSA) is 59.4 Å². The number of fused-ring (bicyclic) bond motifs is 1. The molecule has 0 fully saturated rings. The summed E-state index contributed by atoms with van der Waals surface area (Å²) in [7, 11) is 0. The highest BCUT2D eigenvalue weighted by atomic mass is 16.5. The molecule has 3 aromatic carbocycles. The average Bonchev–Trinajstić information content (AvgIpc) is 3.33. The smallest absolute Gasteiger partial charge is 0.322 e. The number of carbonyl (C=O) groups excluding carboxylic acids is 1. The second kappa shape index (κ2) is 10.5. The van der Waals surface area contributed by atoms with Crippen molar-refractivity contribution in [1.82, 2.24) is 14.5 Å². The fourth-order valence-corrected chi connectivity index (χ4v) is 3.72. The number of anilines is 1. The van der Waals surface area contributed by atoms with Gasteiger partial charge in [-0.3, -0.25) is 0 Å². The van der Waals surface area contributed by atoms with Gasteiger partial charge in [0, 0.05) is 36.7 Å². The summed E-state index contributed by atoms with van der Waals surface area (Å²) >= 11 is 0. The Morgan fingerprint density at radius 2 is 1.88 bits per heavy atom. The third kappa shape index (κ3) is 5.46. The fraction of sp³-hybridized carbons (Fsp3) is 0.231. The van der Waals surface area contributed by atoms with Gasteiger partial charge in [0.1, 0.15) is 5.75 Å². The zero-order chi connectivity index (χ0) is 22.2. The minimum Gasteiger partial charge on any atom is -0.494 e. The van der Waals surface area contributed by atoms with Crippen LogP contribution in [0, 0.1) is 0 Å². The number of aryl methyl sites for hydroxylation is 1. The van der Waals surface area contributed by atoms with Gasteiger partial charge >= 0.3 is 6.03 Å². The summed E-state index contributed by atoms with van der Waals surface area (Å²) in [6.07, 6.45) is 6.31. The summed E-state index contributed by atoms with van der Waals surface area (Å²) in [5.41, 5.74) is 1.78. The molecule has 2 amide bonds. The largest absolute Gasteiger partial charge is 0.494 e. The van der Waals surface area contributed by atoms with Crippen LogP contribution in [0.1, 0.15) is 18.9 Å². The Balaban J connectivity index is 1.50. The molecule has 0 aliphatic carbocycles. The van der Waals surface area contributed by atoms with Gasteiger partial charge in [-0.25, -0.2) is 9.78 Å². The molecule has 0 spiro atoms. The van der Waals surface area contributed by atoms with Gasteiger partial charge in [-0.2, -0.15) is 0 Å². The van der Waals surface area contributed by atoms with E-state index < -0.39 is 0 Å². The molecule has 164 valence electrons. The molecule has 4 aromatic rings. The van der Waals surface area contributed by atoms with Gasteiger partial charge in [-0.15, -0.1) is 0 Å². The summed E-state index contributed by atoms with van der Waals surface area (Å²) in [4.78, 5) is 19.2. The lowest BCUT2D eigenvalue weighted by molar-refractivity contribution is 0.206. The monoisotopic (exact) mass is 428 g/mol. The number of benzene rings is 3. The van der Waals surface area contributed by atoms with Crippen molar-refractivity contribution in [2.45, 2.75) is 26.4 Å². The predicted molar refractivity (Wildman–Crippen MR) is 128 cm³/mol. The number of aromatic nitrogens is 2. The number of amides is 2. The van der Waals surface area contributed by atoms with Crippen LogP contribution in [-0.2, 0) is 13.1 Å². The van der Waals surface area contributed by atoms with Crippen molar-refractivity contribution in [2.75, 3.05) is 18.5 Å². The summed E-state index contributed by atoms with van der Waals surface area (Å²) in [5, 5.41) is 5.32. The van der Waals surface area contributed by atoms with Gasteiger partial charge in [-0.1, -0.05) is 48.5 Å². The SMILES string of the molecule is CCOc1ccccc1CN(CCCn1ccnc1)C(=O)Nc1ccc2ccccc2c1. The van der Waals surface area contributed by atoms with Crippen molar-refractivity contribution < 1.29 is 9.53 Å². The first-order valence-electron chi connectivity index (χ1n) is 10.9. The van der Waals surface area contributed by atoms with Gasteiger partial charge in [0.05, 0.1) is 19.5 Å². The van der Waals surface area contributed by atoms with Crippen molar-refractivity contribution in [3.63, 3.8) is 0 Å². The standard InChI is InChI=1S/C26H28N4O2/c1-2-32-25-11-6-5-10-23(25)19-30(16-7-15-29-17-14-27-20-29)26(31)28-24-13-12-21-8-3-4-9-22(21)18-24/h3-6,8-14,17-18,20H,2,7,15-16,19H2,1H3,(H,28,31). The Kier molecular flexibility index (Phi) is 7.02. The summed E-state index contributed by atoms with van der Waals surface area (Å²) in [6, 6.07) is 21.9. The Labute approximate surface area is 188 Å². The molecule has 1 N–H and O–H groups in total. The molecule has 0 atom stereocenters. The van der Waals surface area contributed by atoms with E-state index in [1.165, 1.54) is 0 Å². The van der Waals surface area contributed by atoms with E-state index in [4.69, 9.17) is 4.74 Å². The number of nitrogens with one attached hydrogen (secondary N) is 1. The Hall–Kier alpha value is -3.80. The molecular weight excluding hydrogens is 400 g/mol. The summed E-state index contributed by atoms with van der Waals surface area (Å²) in [5.74, 6) is 0.813. The van der Waals surface area contributed by atoms with Crippen molar-refractivity contribution >= 4 is 22.5 Å². The number of ether oxygens (including phenoxy) is 1. The number of urea groups is 1. The lowest BCUT2D eigenvalue weighted by atomic mass is 10.1. The molecule has 0 radical (unpaired) electrons. The highest BCUT2D eigenvalue weighted by molar-refractivity contribution is 5.93. The van der Waals surface area contributed by atoms with Crippen LogP contribution in [0.2, 0.25) is 0 Å². The van der Waals surface area contributed by atoms with Crippen LogP contribution >= 0.6 is 0 Å². The molecule has 0 bridgehead atoms. The third-order valence-electron chi connectivity index (χ3n) is 5.33. The van der Waals surface area contributed by atoms with E-state index in [0.29, 0.717) is 19.7 Å². The Bertz CT molecular complexity index is 1160. The maximum atomic E-state index is 13.3. The first kappa shape index (κ1) is 21.4. The van der Waals surface area contributed by atoms with E-state index in [1.54, 1.807) is 12.5 Å². The Morgan fingerprint density at radius 1 is 1.06 bits per heavy atom. The number of carbonyl (C=O) groups is 1. The predicted octanol–water partition coefficient (Wildman–Crippen LogP) is 5.56. The van der Waals surface area contributed by atoms with Crippen LogP contribution in [0.3, 0.4) is 0 Å². The van der Waals surface area contributed by atoms with Crippen LogP contribution in [0.4, 0.5) is 10.5 Å². The second-order valence-electron chi connectivity index (χ2n) is 7.61. The summed E-state index contributed by atoms with van der Waals surface area (Å²) < 4.78 is 7.80. The number of rotatable bonds is 9. The maximum Gasteiger partial charge on any atom is 0.322 e. The molecule has 32 heavy (non-hydrogen) atoms. The molecule has 6 nitrogen and oxygen atoms in total. The zero-order valence-electron chi connectivity index (χ0n) is 18.3. The quantitative estimate of drug-likeness (QED) is 0.380. The molecule has 0 saturated carbocycles. The fourth-order valence-electron chi connectivity index (χ4n) is 3.72. The number of para-hydroxylation sites is 1. The highest BCUT2D eigenvalue weighted by Crippen LogP contribution is 2.22. The molecule has 6 heteroatoms. The Morgan fingerprint density at radius 3 is 2.69 bits per heavy atom. The van der Waals surface area contributed by atoms with Crippen LogP contribution in [0.15, 0.2) is 85.5 Å². The van der Waals surface area contributed by atoms with Crippen LogP contribution in [0.25, 0.3) is 10.8 Å². The van der Waals surface area contributed by atoms with E-state index in [1.807, 2.05) is 83.3 Å². The molecule has 0 aliphatic rings. The lowest BCUT2D eigenvalue weighted by Crippen LogP contribution is -2.35. The first-order valence-corrected chi connectivity index (χ1v) is 10.9. The van der Waals surface area contributed by atoms with E-state index >= 15 is 0 Å². The van der Waals surface area contributed by atoms with E-state index in [2.05, 4.69) is 16.4 Å². The first-order chi connectivity index (χ1) is 15.7. The molecule has 0 unspecified atom stereocenters. The minimum absolute atomic E-state index is 0.128. The van der Waals surface area contributed by atoms with Gasteiger partial charge in [0.25, 0.3) is 0 Å². The number of hydrogen-bond donors (Lipinski definition) is 1. The maximum absolute atomic E-state index is 13.3. The second-order valence-corrected chi connectivity index (χ2v) is 7.61. The average molecular weight is 429 g/mol. The normalized spacial score (nSPS) is 10.8. The van der Waals surface area contributed by atoms with Crippen molar-refractivity contribution in [3.05, 3.63) is 91.0 Å². The van der Waals surface area contributed by atoms with E-state index in [9.17, 15) is 4.79 Å². The molecule has 4 rings (SSSR count). The van der Waals surface area contributed by atoms with Crippen molar-refractivity contribution in [3.8, 4) is 5.75 Å². The van der Waals surface area contributed by atoms with Crippen LogP contribution in [0.5, 0.6) is 5.75 Å². The number of nitrogens with zero attached hydrogens (tertiary/aromatic N) is 3. The molecule has 1 aromatic heterocycles. The highest BCUT2D eigenvalue weighted by Gasteiger charge is 2.16. The minimum atomic E-state index is -0.128.